The van der Waals surface area contributed by atoms with E-state index >= 15 is 0 Å². The number of nitrogens with zero attached hydrogens (tertiary/aromatic N) is 2. The summed E-state index contributed by atoms with van der Waals surface area (Å²) < 4.78 is 0. The lowest BCUT2D eigenvalue weighted by molar-refractivity contribution is -0.365. The van der Waals surface area contributed by atoms with Crippen LogP contribution in [0.5, 0.6) is 0 Å². The average molecular weight is 402 g/mol. The van der Waals surface area contributed by atoms with Gasteiger partial charge in [-0.25, -0.2) is 19.9 Å². The average Bonchev–Trinajstić information content (AvgIpc) is 2.82. The van der Waals surface area contributed by atoms with Crippen LogP contribution >= 0.6 is 0 Å². The minimum Gasteiger partial charge on any atom is -0.543 e. The molecule has 150 valence electrons. The third kappa shape index (κ3) is 7.65. The van der Waals surface area contributed by atoms with Crippen molar-refractivity contribution in [1.82, 2.24) is 9.97 Å². The quantitative estimate of drug-likeness (QED) is 0.419. The highest BCUT2D eigenvalue weighted by Gasteiger charge is 2.02. The Kier molecular flexibility index (Phi) is 8.80. The number of nitrogens with one attached hydrogen (secondary N) is 2. The summed E-state index contributed by atoms with van der Waals surface area (Å²) in [6.07, 6.45) is 7.36. The number of carboxylic acids is 2. The van der Waals surface area contributed by atoms with Crippen molar-refractivity contribution in [1.29, 1.82) is 0 Å². The minimum absolute atomic E-state index is 0.970. The van der Waals surface area contributed by atoms with Gasteiger partial charge in [0.25, 0.3) is 0 Å². The van der Waals surface area contributed by atoms with Gasteiger partial charge in [0.15, 0.2) is 12.4 Å². The molecule has 0 spiro atoms. The molecule has 2 N–H and O–H groups in total. The summed E-state index contributed by atoms with van der Waals surface area (Å²) in [4.78, 5) is 32.5. The molecule has 0 aliphatic carbocycles. The van der Waals surface area contributed by atoms with E-state index in [1.807, 2.05) is 85.2 Å². The van der Waals surface area contributed by atoms with Gasteiger partial charge in [-0.3, -0.25) is 0 Å². The van der Waals surface area contributed by atoms with Crippen molar-refractivity contribution in [3.05, 3.63) is 97.6 Å². The Balaban J connectivity index is 0.000000171. The van der Waals surface area contributed by atoms with Crippen LogP contribution in [-0.4, -0.2) is 21.9 Å². The SMILES string of the molecule is O=C([O-])C(=O)[O-].c1ccc(-c2cccc[nH+]2)nc1.c1ccc(-c2cccc[nH+]2)nc1. The van der Waals surface area contributed by atoms with Gasteiger partial charge >= 0.3 is 0 Å². The molecule has 0 aliphatic heterocycles. The Hall–Kier alpha value is -4.46. The molecular formula is C22H18N4O4. The maximum absolute atomic E-state index is 8.93. The number of rotatable bonds is 2. The molecule has 8 heteroatoms. The molecule has 0 radical (unpaired) electrons. The molecule has 0 saturated carbocycles. The third-order valence-electron chi connectivity index (χ3n) is 3.47. The molecule has 4 aromatic rings. The van der Waals surface area contributed by atoms with Crippen molar-refractivity contribution in [2.24, 2.45) is 0 Å². The zero-order valence-electron chi connectivity index (χ0n) is 15.8. The van der Waals surface area contributed by atoms with Crippen LogP contribution in [0.3, 0.4) is 0 Å². The summed E-state index contributed by atoms with van der Waals surface area (Å²) in [6.45, 7) is 0. The standard InChI is InChI=1S/2C10H8N2.C2H2O4/c2*1-3-7-11-9(5-1)10-6-2-4-8-12-10;3-1(4)2(5)6/h2*1-8H;(H,3,4)(H,5,6). The smallest absolute Gasteiger partial charge is 0.229 e. The van der Waals surface area contributed by atoms with Crippen LogP contribution in [0.4, 0.5) is 0 Å². The van der Waals surface area contributed by atoms with Crippen LogP contribution in [0.1, 0.15) is 0 Å². The lowest BCUT2D eigenvalue weighted by Gasteiger charge is -1.97. The van der Waals surface area contributed by atoms with Gasteiger partial charge in [0, 0.05) is 36.7 Å². The van der Waals surface area contributed by atoms with Gasteiger partial charge in [0.2, 0.25) is 11.4 Å². The normalized spacial score (nSPS) is 9.20. The lowest BCUT2D eigenvalue weighted by Crippen LogP contribution is -2.42. The predicted octanol–water partition coefficient (Wildman–Crippen LogP) is -0.388. The highest BCUT2D eigenvalue weighted by atomic mass is 16.4. The molecule has 0 amide bonds. The molecule has 8 nitrogen and oxygen atoms in total. The molecule has 30 heavy (non-hydrogen) atoms. The molecular weight excluding hydrogens is 384 g/mol. The summed E-state index contributed by atoms with van der Waals surface area (Å²) in [5, 5.41) is 17.9. The van der Waals surface area contributed by atoms with E-state index < -0.39 is 11.9 Å². The van der Waals surface area contributed by atoms with Crippen LogP contribution in [0.15, 0.2) is 97.6 Å². The van der Waals surface area contributed by atoms with Crippen LogP contribution in [0.2, 0.25) is 0 Å². The number of hydrogen-bond acceptors (Lipinski definition) is 6. The first kappa shape index (κ1) is 21.8. The Bertz CT molecular complexity index is 870. The van der Waals surface area contributed by atoms with E-state index in [4.69, 9.17) is 19.8 Å². The predicted molar refractivity (Wildman–Crippen MR) is 102 cm³/mol. The van der Waals surface area contributed by atoms with E-state index in [0.717, 1.165) is 22.8 Å². The number of pyridine rings is 4. The maximum atomic E-state index is 8.93. The second kappa shape index (κ2) is 12.1. The van der Waals surface area contributed by atoms with Crippen molar-refractivity contribution >= 4 is 11.9 Å². The second-order valence-electron chi connectivity index (χ2n) is 5.56. The van der Waals surface area contributed by atoms with Crippen molar-refractivity contribution in [3.8, 4) is 22.8 Å². The summed E-state index contributed by atoms with van der Waals surface area (Å²) in [7, 11) is 0. The Labute approximate surface area is 172 Å². The van der Waals surface area contributed by atoms with Gasteiger partial charge in [-0.2, -0.15) is 0 Å². The van der Waals surface area contributed by atoms with Crippen molar-refractivity contribution in [2.75, 3.05) is 0 Å². The highest BCUT2D eigenvalue weighted by molar-refractivity contribution is 6.25. The fourth-order valence-corrected chi connectivity index (χ4v) is 2.15. The van der Waals surface area contributed by atoms with Crippen molar-refractivity contribution < 1.29 is 29.8 Å². The summed E-state index contributed by atoms with van der Waals surface area (Å²) in [5.41, 5.74) is 4.02. The summed E-state index contributed by atoms with van der Waals surface area (Å²) in [6, 6.07) is 23.6. The van der Waals surface area contributed by atoms with E-state index in [0.29, 0.717) is 0 Å². The molecule has 0 saturated heterocycles. The van der Waals surface area contributed by atoms with Crippen molar-refractivity contribution in [2.45, 2.75) is 0 Å². The van der Waals surface area contributed by atoms with Crippen LogP contribution < -0.4 is 20.2 Å². The Morgan fingerprint density at radius 1 is 0.600 bits per heavy atom. The number of carbonyl (C=O) groups excluding carboxylic acids is 2. The fourth-order valence-electron chi connectivity index (χ4n) is 2.15. The molecule has 0 aliphatic rings. The monoisotopic (exact) mass is 402 g/mol. The number of aromatic amines is 2. The number of carbonyl (C=O) groups is 2. The number of aliphatic carboxylic acids is 2. The molecule has 0 bridgehead atoms. The van der Waals surface area contributed by atoms with Crippen LogP contribution in [0, 0.1) is 0 Å². The molecule has 0 unspecified atom stereocenters. The minimum atomic E-state index is -2.19. The Morgan fingerprint density at radius 3 is 1.27 bits per heavy atom. The van der Waals surface area contributed by atoms with E-state index in [2.05, 4.69) is 19.9 Å². The Morgan fingerprint density at radius 2 is 1.00 bits per heavy atom. The first-order chi connectivity index (χ1) is 14.6. The zero-order valence-corrected chi connectivity index (χ0v) is 15.8. The number of hydrogen-bond donors (Lipinski definition) is 0. The highest BCUT2D eigenvalue weighted by Crippen LogP contribution is 2.08. The van der Waals surface area contributed by atoms with E-state index in [1.165, 1.54) is 0 Å². The third-order valence-corrected chi connectivity index (χ3v) is 3.47. The fraction of sp³-hybridized carbons (Fsp3) is 0. The van der Waals surface area contributed by atoms with E-state index in [9.17, 15) is 0 Å². The molecule has 4 rings (SSSR count). The summed E-state index contributed by atoms with van der Waals surface area (Å²) >= 11 is 0. The van der Waals surface area contributed by atoms with E-state index in [-0.39, 0.29) is 0 Å². The van der Waals surface area contributed by atoms with Gasteiger partial charge in [-0.05, 0) is 36.4 Å². The molecule has 0 aromatic carbocycles. The van der Waals surface area contributed by atoms with E-state index in [1.54, 1.807) is 12.4 Å². The van der Waals surface area contributed by atoms with Gasteiger partial charge in [0.1, 0.15) is 11.4 Å². The maximum Gasteiger partial charge on any atom is 0.229 e. The largest absolute Gasteiger partial charge is 0.543 e. The van der Waals surface area contributed by atoms with Gasteiger partial charge in [0.05, 0.1) is 11.9 Å². The molecule has 4 aromatic heterocycles. The first-order valence-corrected chi connectivity index (χ1v) is 8.76. The number of H-pyrrole nitrogens is 2. The molecule has 0 fully saturated rings. The number of carboxylic acid groups (broad SMARTS) is 2. The topological polar surface area (TPSA) is 134 Å². The van der Waals surface area contributed by atoms with Crippen LogP contribution in [0.25, 0.3) is 22.8 Å². The van der Waals surface area contributed by atoms with Crippen LogP contribution in [-0.2, 0) is 9.59 Å². The van der Waals surface area contributed by atoms with Crippen molar-refractivity contribution in [3.63, 3.8) is 0 Å². The lowest BCUT2D eigenvalue weighted by atomic mass is 10.2. The summed E-state index contributed by atoms with van der Waals surface area (Å²) in [5.74, 6) is -4.37. The van der Waals surface area contributed by atoms with Gasteiger partial charge < -0.3 is 19.8 Å². The molecule has 4 heterocycles. The van der Waals surface area contributed by atoms with Gasteiger partial charge in [-0.1, -0.05) is 12.1 Å². The number of aromatic nitrogens is 4. The molecule has 0 atom stereocenters. The first-order valence-electron chi connectivity index (χ1n) is 8.76. The van der Waals surface area contributed by atoms with Gasteiger partial charge in [-0.15, -0.1) is 0 Å². The second-order valence-corrected chi connectivity index (χ2v) is 5.56. The zero-order chi connectivity index (χ0) is 21.6.